The number of rotatable bonds is 7. The van der Waals surface area contributed by atoms with Crippen LogP contribution < -0.4 is 10.1 Å². The number of nitrogens with one attached hydrogen (secondary N) is 1. The molecule has 2 saturated heterocycles. The van der Waals surface area contributed by atoms with Crippen LogP contribution in [0.1, 0.15) is 35.3 Å². The standard InChI is InChI=1S/C29H32N4O6/c34-21-17-33(29(36)25-16-30-12-13-31-25)26-11-10-24(39-27(26)19-37-18-21)14-28(35)32-15-20-6-8-23(9-7-20)38-22-4-2-1-3-5-22/h1-9,12-13,16,21,24,26-27,34H,10-11,14-15,17-19H2,(H,32,35)/t21-,24+,26+,27-/m0/s1. The molecule has 2 fully saturated rings. The van der Waals surface area contributed by atoms with Gasteiger partial charge in [-0.25, -0.2) is 4.98 Å². The molecule has 2 aliphatic rings. The van der Waals surface area contributed by atoms with Crippen LogP contribution in [-0.2, 0) is 20.8 Å². The van der Waals surface area contributed by atoms with E-state index in [0.29, 0.717) is 19.4 Å². The van der Waals surface area contributed by atoms with Crippen molar-refractivity contribution in [2.75, 3.05) is 19.8 Å². The van der Waals surface area contributed by atoms with Gasteiger partial charge in [-0.3, -0.25) is 14.6 Å². The fourth-order valence-corrected chi connectivity index (χ4v) is 4.91. The number of aliphatic hydroxyl groups is 1. The topological polar surface area (TPSA) is 123 Å². The number of fused-ring (bicyclic) bond motifs is 1. The molecule has 1 aromatic heterocycles. The Hall–Kier alpha value is -3.86. The molecule has 3 heterocycles. The number of carbonyl (C=O) groups excluding carboxylic acids is 2. The molecule has 39 heavy (non-hydrogen) atoms. The minimum atomic E-state index is -0.811. The van der Waals surface area contributed by atoms with E-state index in [0.717, 1.165) is 17.1 Å². The molecule has 0 radical (unpaired) electrons. The SMILES string of the molecule is O=C(C[C@H]1CC[C@@H]2[C@H](COC[C@@H](O)CN2C(=O)c2cnccn2)O1)NCc1ccc(Oc2ccccc2)cc1. The van der Waals surface area contributed by atoms with E-state index in [9.17, 15) is 14.7 Å². The van der Waals surface area contributed by atoms with Crippen molar-refractivity contribution in [2.24, 2.45) is 0 Å². The van der Waals surface area contributed by atoms with Gasteiger partial charge >= 0.3 is 0 Å². The fraction of sp³-hybridized carbons (Fsp3) is 0.379. The second kappa shape index (κ2) is 12.8. The van der Waals surface area contributed by atoms with Gasteiger partial charge in [0.15, 0.2) is 0 Å². The lowest BCUT2D eigenvalue weighted by atomic mass is 9.94. The summed E-state index contributed by atoms with van der Waals surface area (Å²) in [7, 11) is 0. The second-order valence-electron chi connectivity index (χ2n) is 9.72. The first-order valence-corrected chi connectivity index (χ1v) is 13.1. The number of amides is 2. The van der Waals surface area contributed by atoms with Crippen LogP contribution in [0.5, 0.6) is 11.5 Å². The highest BCUT2D eigenvalue weighted by Crippen LogP contribution is 2.28. The van der Waals surface area contributed by atoms with Crippen molar-refractivity contribution in [3.63, 3.8) is 0 Å². The van der Waals surface area contributed by atoms with Crippen LogP contribution in [0.25, 0.3) is 0 Å². The number of aliphatic hydroxyl groups excluding tert-OH is 1. The summed E-state index contributed by atoms with van der Waals surface area (Å²) in [6, 6.07) is 16.8. The van der Waals surface area contributed by atoms with E-state index in [1.165, 1.54) is 18.6 Å². The van der Waals surface area contributed by atoms with Gasteiger partial charge in [0.1, 0.15) is 23.3 Å². The molecule has 3 aromatic rings. The molecule has 2 N–H and O–H groups in total. The summed E-state index contributed by atoms with van der Waals surface area (Å²) in [4.78, 5) is 35.6. The molecule has 10 nitrogen and oxygen atoms in total. The number of benzene rings is 2. The largest absolute Gasteiger partial charge is 0.457 e. The third-order valence-electron chi connectivity index (χ3n) is 6.83. The maximum absolute atomic E-state index is 13.2. The smallest absolute Gasteiger partial charge is 0.274 e. The Kier molecular flexibility index (Phi) is 8.77. The van der Waals surface area contributed by atoms with Crippen LogP contribution >= 0.6 is 0 Å². The second-order valence-corrected chi connectivity index (χ2v) is 9.72. The normalized spacial score (nSPS) is 23.2. The molecule has 2 amide bonds. The molecular formula is C29H32N4O6. The van der Waals surface area contributed by atoms with Gasteiger partial charge in [-0.05, 0) is 42.7 Å². The molecule has 4 atom stereocenters. The highest BCUT2D eigenvalue weighted by molar-refractivity contribution is 5.92. The zero-order valence-electron chi connectivity index (χ0n) is 21.5. The predicted octanol–water partition coefficient (Wildman–Crippen LogP) is 2.72. The Morgan fingerprint density at radius 1 is 1.03 bits per heavy atom. The van der Waals surface area contributed by atoms with E-state index >= 15 is 0 Å². The number of hydrogen-bond donors (Lipinski definition) is 2. The van der Waals surface area contributed by atoms with Gasteiger partial charge in [-0.15, -0.1) is 0 Å². The van der Waals surface area contributed by atoms with Crippen LogP contribution in [0.15, 0.2) is 73.2 Å². The van der Waals surface area contributed by atoms with Crippen molar-refractivity contribution in [3.05, 3.63) is 84.4 Å². The lowest BCUT2D eigenvalue weighted by Gasteiger charge is -2.44. The highest BCUT2D eigenvalue weighted by atomic mass is 16.5. The summed E-state index contributed by atoms with van der Waals surface area (Å²) >= 11 is 0. The highest BCUT2D eigenvalue weighted by Gasteiger charge is 2.40. The average Bonchev–Trinajstić information content (AvgIpc) is 2.96. The van der Waals surface area contributed by atoms with Gasteiger partial charge in [-0.1, -0.05) is 30.3 Å². The van der Waals surface area contributed by atoms with E-state index in [4.69, 9.17) is 14.2 Å². The van der Waals surface area contributed by atoms with Crippen molar-refractivity contribution in [2.45, 2.75) is 50.2 Å². The van der Waals surface area contributed by atoms with Gasteiger partial charge in [0.25, 0.3) is 5.91 Å². The molecule has 0 bridgehead atoms. The van der Waals surface area contributed by atoms with Crippen molar-refractivity contribution < 1.29 is 28.9 Å². The van der Waals surface area contributed by atoms with Gasteiger partial charge < -0.3 is 29.5 Å². The third kappa shape index (κ3) is 7.17. The molecule has 5 rings (SSSR count). The summed E-state index contributed by atoms with van der Waals surface area (Å²) in [6.07, 6.45) is 4.29. The van der Waals surface area contributed by atoms with E-state index in [-0.39, 0.29) is 55.8 Å². The fourth-order valence-electron chi connectivity index (χ4n) is 4.91. The van der Waals surface area contributed by atoms with Crippen LogP contribution in [0.4, 0.5) is 0 Å². The van der Waals surface area contributed by atoms with Crippen LogP contribution in [0.2, 0.25) is 0 Å². The number of aromatic nitrogens is 2. The lowest BCUT2D eigenvalue weighted by Crippen LogP contribution is -2.57. The Labute approximate surface area is 226 Å². The van der Waals surface area contributed by atoms with Gasteiger partial charge in [0, 0.05) is 25.5 Å². The zero-order valence-corrected chi connectivity index (χ0v) is 21.5. The molecule has 0 aliphatic carbocycles. The summed E-state index contributed by atoms with van der Waals surface area (Å²) in [5.74, 6) is 1.07. The Balaban J connectivity index is 1.13. The zero-order chi connectivity index (χ0) is 27.0. The summed E-state index contributed by atoms with van der Waals surface area (Å²) in [5.41, 5.74) is 1.17. The molecule has 204 valence electrons. The van der Waals surface area contributed by atoms with Crippen LogP contribution in [0, 0.1) is 0 Å². The van der Waals surface area contributed by atoms with Gasteiger partial charge in [0.05, 0.1) is 44.1 Å². The monoisotopic (exact) mass is 532 g/mol. The molecule has 0 spiro atoms. The Bertz CT molecular complexity index is 1230. The number of nitrogens with zero attached hydrogens (tertiary/aromatic N) is 3. The van der Waals surface area contributed by atoms with Gasteiger partial charge in [-0.2, -0.15) is 0 Å². The predicted molar refractivity (Wildman–Crippen MR) is 141 cm³/mol. The lowest BCUT2D eigenvalue weighted by molar-refractivity contribution is -0.151. The Morgan fingerprint density at radius 2 is 1.82 bits per heavy atom. The van der Waals surface area contributed by atoms with E-state index in [1.807, 2.05) is 54.6 Å². The van der Waals surface area contributed by atoms with E-state index in [2.05, 4.69) is 15.3 Å². The average molecular weight is 533 g/mol. The first-order chi connectivity index (χ1) is 19.0. The number of β-amino-alcohol motifs (C(OH)–C–C–N with tert-alkyl or cyclic N) is 1. The van der Waals surface area contributed by atoms with Crippen LogP contribution in [-0.4, -0.2) is 75.9 Å². The van der Waals surface area contributed by atoms with Crippen molar-refractivity contribution in [3.8, 4) is 11.5 Å². The van der Waals surface area contributed by atoms with E-state index in [1.54, 1.807) is 4.90 Å². The Morgan fingerprint density at radius 3 is 2.59 bits per heavy atom. The number of ether oxygens (including phenoxy) is 3. The minimum Gasteiger partial charge on any atom is -0.457 e. The molecule has 0 unspecified atom stereocenters. The van der Waals surface area contributed by atoms with Crippen LogP contribution in [0.3, 0.4) is 0 Å². The summed E-state index contributed by atoms with van der Waals surface area (Å²) in [5, 5.41) is 13.3. The van der Waals surface area contributed by atoms with E-state index < -0.39 is 12.2 Å². The van der Waals surface area contributed by atoms with Crippen molar-refractivity contribution in [1.82, 2.24) is 20.2 Å². The first kappa shape index (κ1) is 26.7. The minimum absolute atomic E-state index is 0.0944. The molecular weight excluding hydrogens is 500 g/mol. The number of carbonyl (C=O) groups is 2. The molecule has 2 aromatic carbocycles. The quantitative estimate of drug-likeness (QED) is 0.476. The maximum atomic E-state index is 13.2. The first-order valence-electron chi connectivity index (χ1n) is 13.1. The van der Waals surface area contributed by atoms with Crippen molar-refractivity contribution >= 4 is 11.8 Å². The third-order valence-corrected chi connectivity index (χ3v) is 6.83. The molecule has 2 aliphatic heterocycles. The summed E-state index contributed by atoms with van der Waals surface area (Å²) in [6.45, 7) is 0.823. The molecule has 0 saturated carbocycles. The number of hydrogen-bond acceptors (Lipinski definition) is 8. The molecule has 10 heteroatoms. The van der Waals surface area contributed by atoms with Gasteiger partial charge in [0.2, 0.25) is 5.91 Å². The van der Waals surface area contributed by atoms with Crippen molar-refractivity contribution in [1.29, 1.82) is 0 Å². The maximum Gasteiger partial charge on any atom is 0.274 e. The summed E-state index contributed by atoms with van der Waals surface area (Å²) < 4.78 is 17.7. The number of para-hydroxylation sites is 1.